The van der Waals surface area contributed by atoms with Crippen LogP contribution in [0.3, 0.4) is 0 Å². The van der Waals surface area contributed by atoms with Crippen LogP contribution in [-0.4, -0.2) is 41.0 Å². The van der Waals surface area contributed by atoms with Gasteiger partial charge in [-0.1, -0.05) is 0 Å². The molecule has 1 atom stereocenters. The number of rotatable bonds is 3. The molecule has 0 bridgehead atoms. The minimum atomic E-state index is 0.121. The smallest absolute Gasteiger partial charge is 0.231 e. The van der Waals surface area contributed by atoms with Gasteiger partial charge < -0.3 is 19.4 Å². The first kappa shape index (κ1) is 15.4. The normalized spacial score (nSPS) is 19.6. The van der Waals surface area contributed by atoms with Gasteiger partial charge in [0.1, 0.15) is 0 Å². The van der Waals surface area contributed by atoms with Crippen LogP contribution in [0.4, 0.5) is 0 Å². The Morgan fingerprint density at radius 1 is 1.18 bits per heavy atom. The number of hydrogen-bond donors (Lipinski definition) is 1. The van der Waals surface area contributed by atoms with Crippen LogP contribution in [0.2, 0.25) is 0 Å². The molecule has 0 aromatic heterocycles. The average molecular weight is 316 g/mol. The molecule has 1 aromatic carbocycles. The van der Waals surface area contributed by atoms with Crippen molar-refractivity contribution in [3.63, 3.8) is 0 Å². The second-order valence-electron chi connectivity index (χ2n) is 7.17. The summed E-state index contributed by atoms with van der Waals surface area (Å²) < 4.78 is 11.1. The van der Waals surface area contributed by atoms with Crippen molar-refractivity contribution < 1.29 is 9.47 Å². The molecule has 1 aliphatic carbocycles. The standard InChI is InChI=1S/C17H24N2O2Si/c1-10-15(19(5)6)11-7-13-14(21-9-20-13)8-12(11)16(10)22-18-17(2,3)4/h7-8,16,18H,9H2,1-6H3. The van der Waals surface area contributed by atoms with Gasteiger partial charge in [-0.2, -0.15) is 0 Å². The second kappa shape index (κ2) is 5.32. The van der Waals surface area contributed by atoms with E-state index in [0.717, 1.165) is 11.5 Å². The lowest BCUT2D eigenvalue weighted by atomic mass is 10.1. The summed E-state index contributed by atoms with van der Waals surface area (Å²) in [6.45, 7) is 9.19. The molecule has 5 heteroatoms. The maximum absolute atomic E-state index is 5.58. The van der Waals surface area contributed by atoms with Gasteiger partial charge in [-0.3, -0.25) is 0 Å². The Balaban J connectivity index is 2.02. The molecule has 1 N–H and O–H groups in total. The molecule has 22 heavy (non-hydrogen) atoms. The van der Waals surface area contributed by atoms with Crippen LogP contribution < -0.4 is 14.5 Å². The maximum atomic E-state index is 5.58. The highest BCUT2D eigenvalue weighted by Gasteiger charge is 2.33. The minimum Gasteiger partial charge on any atom is -0.454 e. The minimum absolute atomic E-state index is 0.121. The molecule has 3 rings (SSSR count). The molecule has 0 fully saturated rings. The van der Waals surface area contributed by atoms with Crippen molar-refractivity contribution in [3.8, 4) is 11.5 Å². The van der Waals surface area contributed by atoms with Crippen LogP contribution in [0, 0.1) is 0 Å². The summed E-state index contributed by atoms with van der Waals surface area (Å²) in [4.78, 5) is 5.87. The number of allylic oxidation sites excluding steroid dienone is 1. The lowest BCUT2D eigenvalue weighted by Gasteiger charge is -2.23. The zero-order chi connectivity index (χ0) is 16.1. The van der Waals surface area contributed by atoms with E-state index < -0.39 is 0 Å². The lowest BCUT2D eigenvalue weighted by Crippen LogP contribution is -2.41. The van der Waals surface area contributed by atoms with E-state index in [0.29, 0.717) is 22.0 Å². The van der Waals surface area contributed by atoms with Crippen molar-refractivity contribution >= 4 is 15.4 Å². The highest BCUT2D eigenvalue weighted by molar-refractivity contribution is 6.37. The molecule has 2 radical (unpaired) electrons. The van der Waals surface area contributed by atoms with Crippen molar-refractivity contribution in [3.05, 3.63) is 28.8 Å². The van der Waals surface area contributed by atoms with E-state index >= 15 is 0 Å². The Labute approximate surface area is 135 Å². The Morgan fingerprint density at radius 3 is 2.41 bits per heavy atom. The fraction of sp³-hybridized carbons (Fsp3) is 0.529. The largest absolute Gasteiger partial charge is 0.454 e. The summed E-state index contributed by atoms with van der Waals surface area (Å²) in [6.07, 6.45) is 0. The molecule has 0 amide bonds. The van der Waals surface area contributed by atoms with Gasteiger partial charge in [-0.25, -0.2) is 0 Å². The van der Waals surface area contributed by atoms with E-state index in [1.165, 1.54) is 22.4 Å². The van der Waals surface area contributed by atoms with E-state index in [4.69, 9.17) is 9.47 Å². The van der Waals surface area contributed by atoms with Crippen LogP contribution in [0.25, 0.3) is 5.70 Å². The van der Waals surface area contributed by atoms with Gasteiger partial charge in [0, 0.05) is 36.4 Å². The first-order valence-electron chi connectivity index (χ1n) is 7.62. The Morgan fingerprint density at radius 2 is 1.82 bits per heavy atom. The van der Waals surface area contributed by atoms with E-state index in [9.17, 15) is 0 Å². The van der Waals surface area contributed by atoms with Crippen molar-refractivity contribution in [2.75, 3.05) is 20.9 Å². The SMILES string of the molecule is CC1=C(N(C)C)c2cc3c(cc2C1[Si]NC(C)(C)C)OCO3. The van der Waals surface area contributed by atoms with Crippen molar-refractivity contribution in [1.29, 1.82) is 0 Å². The first-order valence-corrected chi connectivity index (χ1v) is 8.70. The fourth-order valence-electron chi connectivity index (χ4n) is 3.05. The van der Waals surface area contributed by atoms with Crippen LogP contribution >= 0.6 is 0 Å². The number of ether oxygens (including phenoxy) is 2. The van der Waals surface area contributed by atoms with Gasteiger partial charge in [0.25, 0.3) is 0 Å². The predicted octanol–water partition coefficient (Wildman–Crippen LogP) is 2.77. The quantitative estimate of drug-likeness (QED) is 0.870. The van der Waals surface area contributed by atoms with Gasteiger partial charge in [-0.15, -0.1) is 0 Å². The average Bonchev–Trinajstić information content (AvgIpc) is 2.93. The Kier molecular flexibility index (Phi) is 3.73. The third kappa shape index (κ3) is 2.63. The topological polar surface area (TPSA) is 33.7 Å². The molecular weight excluding hydrogens is 292 g/mol. The van der Waals surface area contributed by atoms with Crippen LogP contribution in [0.5, 0.6) is 11.5 Å². The van der Waals surface area contributed by atoms with E-state index in [1.807, 2.05) is 0 Å². The lowest BCUT2D eigenvalue weighted by molar-refractivity contribution is 0.174. The number of nitrogens with one attached hydrogen (secondary N) is 1. The fourth-order valence-corrected chi connectivity index (χ4v) is 4.38. The van der Waals surface area contributed by atoms with E-state index in [2.05, 4.69) is 63.8 Å². The Hall–Kier alpha value is -1.46. The van der Waals surface area contributed by atoms with Gasteiger partial charge in [0.15, 0.2) is 21.2 Å². The summed E-state index contributed by atoms with van der Waals surface area (Å²) in [5, 5.41) is 0. The summed E-state index contributed by atoms with van der Waals surface area (Å²) in [5.74, 6) is 1.73. The number of benzene rings is 1. The molecule has 2 aliphatic rings. The van der Waals surface area contributed by atoms with Crippen LogP contribution in [0.1, 0.15) is 44.4 Å². The third-order valence-corrected chi connectivity index (χ3v) is 5.88. The summed E-state index contributed by atoms with van der Waals surface area (Å²) >= 11 is 0. The predicted molar refractivity (Wildman–Crippen MR) is 90.2 cm³/mol. The highest BCUT2D eigenvalue weighted by Crippen LogP contribution is 2.47. The zero-order valence-electron chi connectivity index (χ0n) is 14.2. The molecule has 0 spiro atoms. The molecule has 1 unspecified atom stereocenters. The molecule has 1 aromatic rings. The zero-order valence-corrected chi connectivity index (χ0v) is 15.2. The van der Waals surface area contributed by atoms with Gasteiger partial charge in [0.05, 0.1) is 0 Å². The number of hydrogen-bond acceptors (Lipinski definition) is 4. The molecule has 1 heterocycles. The third-order valence-electron chi connectivity index (χ3n) is 3.96. The summed E-state index contributed by atoms with van der Waals surface area (Å²) in [7, 11) is 4.86. The van der Waals surface area contributed by atoms with Crippen molar-refractivity contribution in [2.24, 2.45) is 0 Å². The van der Waals surface area contributed by atoms with Gasteiger partial charge in [-0.05, 0) is 51.0 Å². The molecule has 0 saturated carbocycles. The van der Waals surface area contributed by atoms with Gasteiger partial charge >= 0.3 is 0 Å². The summed E-state index contributed by atoms with van der Waals surface area (Å²) in [5.41, 5.74) is 5.87. The number of nitrogens with zero attached hydrogens (tertiary/aromatic N) is 1. The maximum Gasteiger partial charge on any atom is 0.231 e. The van der Waals surface area contributed by atoms with E-state index in [-0.39, 0.29) is 5.54 Å². The van der Waals surface area contributed by atoms with Crippen molar-refractivity contribution in [1.82, 2.24) is 9.88 Å². The highest BCUT2D eigenvalue weighted by atomic mass is 28.2. The molecule has 1 aliphatic heterocycles. The Bertz CT molecular complexity index is 632. The number of fused-ring (bicyclic) bond motifs is 2. The van der Waals surface area contributed by atoms with Crippen molar-refractivity contribution in [2.45, 2.75) is 38.8 Å². The first-order chi connectivity index (χ1) is 10.3. The van der Waals surface area contributed by atoms with E-state index in [1.54, 1.807) is 0 Å². The second-order valence-corrected chi connectivity index (χ2v) is 8.29. The monoisotopic (exact) mass is 316 g/mol. The molecule has 4 nitrogen and oxygen atoms in total. The van der Waals surface area contributed by atoms with Gasteiger partial charge in [0.2, 0.25) is 6.79 Å². The molecular formula is C17H24N2O2Si. The van der Waals surface area contributed by atoms with Crippen LogP contribution in [-0.2, 0) is 0 Å². The summed E-state index contributed by atoms with van der Waals surface area (Å²) in [6, 6.07) is 4.30. The molecule has 0 saturated heterocycles. The van der Waals surface area contributed by atoms with Crippen LogP contribution in [0.15, 0.2) is 17.7 Å². The molecule has 118 valence electrons.